The van der Waals surface area contributed by atoms with Crippen LogP contribution >= 0.6 is 0 Å². The van der Waals surface area contributed by atoms with Crippen LogP contribution in [0.4, 0.5) is 17.1 Å². The van der Waals surface area contributed by atoms with Crippen molar-refractivity contribution in [3.05, 3.63) is 48.0 Å². The van der Waals surface area contributed by atoms with Crippen LogP contribution in [-0.2, 0) is 4.79 Å². The van der Waals surface area contributed by atoms with E-state index in [9.17, 15) is 4.79 Å². The Bertz CT molecular complexity index is 666. The minimum Gasteiger partial charge on any atom is -0.495 e. The number of rotatable bonds is 6. The van der Waals surface area contributed by atoms with Crippen molar-refractivity contribution in [2.45, 2.75) is 6.92 Å². The van der Waals surface area contributed by atoms with Crippen LogP contribution in [0, 0.1) is 6.92 Å². The van der Waals surface area contributed by atoms with Crippen molar-refractivity contribution in [1.29, 1.82) is 0 Å². The van der Waals surface area contributed by atoms with Crippen molar-refractivity contribution >= 4 is 23.0 Å². The number of methoxy groups -OCH3 is 1. The van der Waals surface area contributed by atoms with Crippen molar-refractivity contribution in [2.75, 3.05) is 43.3 Å². The lowest BCUT2D eigenvalue weighted by Crippen LogP contribution is -2.22. The van der Waals surface area contributed by atoms with Crippen molar-refractivity contribution in [3.63, 3.8) is 0 Å². The summed E-state index contributed by atoms with van der Waals surface area (Å²) in [6.07, 6.45) is 0. The van der Waals surface area contributed by atoms with Gasteiger partial charge < -0.3 is 20.3 Å². The van der Waals surface area contributed by atoms with Gasteiger partial charge in [0.25, 0.3) is 0 Å². The summed E-state index contributed by atoms with van der Waals surface area (Å²) in [5.41, 5.74) is 3.77. The Hall–Kier alpha value is -2.69. The lowest BCUT2D eigenvalue weighted by Gasteiger charge is -2.14. The molecule has 2 N–H and O–H groups in total. The van der Waals surface area contributed by atoms with Crippen molar-refractivity contribution in [3.8, 4) is 5.75 Å². The molecule has 0 saturated carbocycles. The van der Waals surface area contributed by atoms with Gasteiger partial charge in [0, 0.05) is 25.5 Å². The van der Waals surface area contributed by atoms with E-state index in [-0.39, 0.29) is 12.5 Å². The third-order valence-electron chi connectivity index (χ3n) is 3.47. The van der Waals surface area contributed by atoms with Gasteiger partial charge in [0.2, 0.25) is 5.91 Å². The minimum atomic E-state index is -0.120. The first-order chi connectivity index (χ1) is 11.0. The van der Waals surface area contributed by atoms with Crippen LogP contribution in [0.15, 0.2) is 42.5 Å². The molecule has 2 rings (SSSR count). The fraction of sp³-hybridized carbons (Fsp3) is 0.278. The van der Waals surface area contributed by atoms with Gasteiger partial charge in [-0.1, -0.05) is 6.07 Å². The molecular formula is C18H23N3O2. The summed E-state index contributed by atoms with van der Waals surface area (Å²) in [5, 5.41) is 5.98. The Morgan fingerprint density at radius 1 is 1.13 bits per heavy atom. The Morgan fingerprint density at radius 2 is 1.83 bits per heavy atom. The van der Waals surface area contributed by atoms with E-state index >= 15 is 0 Å². The molecule has 2 aromatic rings. The molecule has 122 valence electrons. The van der Waals surface area contributed by atoms with Crippen molar-refractivity contribution in [1.82, 2.24) is 0 Å². The van der Waals surface area contributed by atoms with Crippen LogP contribution in [0.5, 0.6) is 5.75 Å². The number of nitrogens with one attached hydrogen (secondary N) is 2. The van der Waals surface area contributed by atoms with Gasteiger partial charge in [-0.15, -0.1) is 0 Å². The molecule has 0 atom stereocenters. The zero-order valence-electron chi connectivity index (χ0n) is 14.0. The Balaban J connectivity index is 1.94. The second-order valence-corrected chi connectivity index (χ2v) is 5.55. The predicted octanol–water partition coefficient (Wildman–Crippen LogP) is 3.12. The zero-order chi connectivity index (χ0) is 16.8. The molecule has 0 unspecified atom stereocenters. The smallest absolute Gasteiger partial charge is 0.243 e. The number of aryl methyl sites for hydroxylation is 1. The molecule has 0 aliphatic carbocycles. The number of benzene rings is 2. The Labute approximate surface area is 137 Å². The average molecular weight is 313 g/mol. The first-order valence-corrected chi connectivity index (χ1v) is 7.45. The quantitative estimate of drug-likeness (QED) is 0.860. The molecule has 0 radical (unpaired) electrons. The number of nitrogens with zero attached hydrogens (tertiary/aromatic N) is 1. The van der Waals surface area contributed by atoms with E-state index in [1.54, 1.807) is 7.11 Å². The molecule has 23 heavy (non-hydrogen) atoms. The van der Waals surface area contributed by atoms with E-state index in [0.29, 0.717) is 11.4 Å². The summed E-state index contributed by atoms with van der Waals surface area (Å²) in [6, 6.07) is 13.6. The fourth-order valence-corrected chi connectivity index (χ4v) is 2.17. The number of carbonyl (C=O) groups is 1. The number of carbonyl (C=O) groups excluding carboxylic acids is 1. The maximum atomic E-state index is 12.1. The first kappa shape index (κ1) is 16.7. The maximum absolute atomic E-state index is 12.1. The van der Waals surface area contributed by atoms with Crippen LogP contribution in [-0.4, -0.2) is 33.7 Å². The molecule has 0 fully saturated rings. The summed E-state index contributed by atoms with van der Waals surface area (Å²) >= 11 is 0. The zero-order valence-corrected chi connectivity index (χ0v) is 14.0. The number of ether oxygens (including phenoxy) is 1. The first-order valence-electron chi connectivity index (χ1n) is 7.45. The third kappa shape index (κ3) is 4.64. The molecule has 0 spiro atoms. The summed E-state index contributed by atoms with van der Waals surface area (Å²) in [4.78, 5) is 14.1. The van der Waals surface area contributed by atoms with Gasteiger partial charge in [0.05, 0.1) is 19.3 Å². The highest BCUT2D eigenvalue weighted by molar-refractivity contribution is 5.95. The minimum absolute atomic E-state index is 0.120. The second kappa shape index (κ2) is 7.54. The fourth-order valence-electron chi connectivity index (χ4n) is 2.17. The van der Waals surface area contributed by atoms with Crippen LogP contribution in [0.1, 0.15) is 5.56 Å². The number of amides is 1. The molecule has 0 saturated heterocycles. The van der Waals surface area contributed by atoms with Crippen molar-refractivity contribution in [2.24, 2.45) is 0 Å². The highest BCUT2D eigenvalue weighted by atomic mass is 16.5. The van der Waals surface area contributed by atoms with Crippen LogP contribution in [0.3, 0.4) is 0 Å². The average Bonchev–Trinajstić information content (AvgIpc) is 2.53. The van der Waals surface area contributed by atoms with Gasteiger partial charge in [0.15, 0.2) is 0 Å². The van der Waals surface area contributed by atoms with Gasteiger partial charge in [-0.2, -0.15) is 0 Å². The normalized spacial score (nSPS) is 10.1. The Kier molecular flexibility index (Phi) is 5.46. The van der Waals surface area contributed by atoms with E-state index in [4.69, 9.17) is 4.74 Å². The van der Waals surface area contributed by atoms with Gasteiger partial charge >= 0.3 is 0 Å². The van der Waals surface area contributed by atoms with E-state index in [2.05, 4.69) is 10.6 Å². The molecule has 2 aromatic carbocycles. The van der Waals surface area contributed by atoms with E-state index in [0.717, 1.165) is 16.9 Å². The van der Waals surface area contributed by atoms with Crippen LogP contribution in [0.25, 0.3) is 0 Å². The monoisotopic (exact) mass is 313 g/mol. The second-order valence-electron chi connectivity index (χ2n) is 5.55. The number of hydrogen-bond acceptors (Lipinski definition) is 4. The van der Waals surface area contributed by atoms with E-state index in [1.807, 2.05) is 68.4 Å². The summed E-state index contributed by atoms with van der Waals surface area (Å²) in [5.74, 6) is 0.532. The van der Waals surface area contributed by atoms with Crippen LogP contribution in [0.2, 0.25) is 0 Å². The van der Waals surface area contributed by atoms with Gasteiger partial charge in [-0.05, 0) is 48.9 Å². The lowest BCUT2D eigenvalue weighted by molar-refractivity contribution is -0.114. The molecule has 0 heterocycles. The molecule has 0 aromatic heterocycles. The highest BCUT2D eigenvalue weighted by Crippen LogP contribution is 2.25. The number of anilines is 3. The highest BCUT2D eigenvalue weighted by Gasteiger charge is 2.08. The van der Waals surface area contributed by atoms with E-state index < -0.39 is 0 Å². The summed E-state index contributed by atoms with van der Waals surface area (Å²) in [7, 11) is 5.57. The number of hydrogen-bond donors (Lipinski definition) is 2. The van der Waals surface area contributed by atoms with E-state index in [1.165, 1.54) is 0 Å². The van der Waals surface area contributed by atoms with Crippen molar-refractivity contribution < 1.29 is 9.53 Å². The summed E-state index contributed by atoms with van der Waals surface area (Å²) < 4.78 is 5.26. The molecule has 5 heteroatoms. The van der Waals surface area contributed by atoms with Crippen LogP contribution < -0.4 is 20.3 Å². The van der Waals surface area contributed by atoms with Gasteiger partial charge in [-0.25, -0.2) is 0 Å². The Morgan fingerprint density at radius 3 is 2.43 bits per heavy atom. The summed E-state index contributed by atoms with van der Waals surface area (Å²) in [6.45, 7) is 2.16. The lowest BCUT2D eigenvalue weighted by atomic mass is 10.2. The van der Waals surface area contributed by atoms with Gasteiger partial charge in [-0.3, -0.25) is 4.79 Å². The predicted molar refractivity (Wildman–Crippen MR) is 95.6 cm³/mol. The molecule has 1 amide bonds. The largest absolute Gasteiger partial charge is 0.495 e. The third-order valence-corrected chi connectivity index (χ3v) is 3.47. The maximum Gasteiger partial charge on any atom is 0.243 e. The standard InChI is InChI=1S/C18H23N3O2/c1-13-5-10-17(23-4)16(11-13)20-18(22)12-19-14-6-8-15(9-7-14)21(2)3/h5-11,19H,12H2,1-4H3,(H,20,22). The molecule has 0 aliphatic heterocycles. The molecule has 5 nitrogen and oxygen atoms in total. The SMILES string of the molecule is COc1ccc(C)cc1NC(=O)CNc1ccc(N(C)C)cc1. The molecular weight excluding hydrogens is 290 g/mol. The van der Waals surface area contributed by atoms with Gasteiger partial charge in [0.1, 0.15) is 5.75 Å². The molecule has 0 aliphatic rings. The topological polar surface area (TPSA) is 53.6 Å². The molecule has 0 bridgehead atoms.